The number of carbonyl (C=O) groups is 1. The number of rotatable bonds is 4. The molecular weight excluding hydrogens is 378 g/mol. The number of hydrogen-bond donors (Lipinski definition) is 1. The van der Waals surface area contributed by atoms with Crippen molar-refractivity contribution in [2.45, 2.75) is 88.1 Å². The molecule has 4 bridgehead atoms. The van der Waals surface area contributed by atoms with E-state index in [0.717, 1.165) is 43.1 Å². The first kappa shape index (κ1) is 19.3. The zero-order valence-corrected chi connectivity index (χ0v) is 17.7. The number of nitrogens with two attached hydrogens (primary N) is 1. The molecule has 5 aliphatic carbocycles. The van der Waals surface area contributed by atoms with Gasteiger partial charge in [-0.2, -0.15) is 9.78 Å². The lowest BCUT2D eigenvalue weighted by molar-refractivity contribution is -0.390. The van der Waals surface area contributed by atoms with Crippen LogP contribution in [-0.4, -0.2) is 17.5 Å². The van der Waals surface area contributed by atoms with Crippen LogP contribution in [0.1, 0.15) is 81.3 Å². The molecule has 162 valence electrons. The molecule has 2 N–H and O–H groups in total. The Morgan fingerprint density at radius 3 is 2.37 bits per heavy atom. The maximum atomic E-state index is 11.0. The fraction of sp³-hybridized carbons (Fsp3) is 0.720. The minimum Gasteiger partial charge on any atom is -0.370 e. The van der Waals surface area contributed by atoms with Crippen LogP contribution >= 0.6 is 0 Å². The van der Waals surface area contributed by atoms with Crippen LogP contribution in [0.2, 0.25) is 0 Å². The van der Waals surface area contributed by atoms with Crippen LogP contribution in [0.5, 0.6) is 0 Å². The molecule has 5 heteroatoms. The van der Waals surface area contributed by atoms with Gasteiger partial charge in [0.25, 0.3) is 0 Å². The minimum absolute atomic E-state index is 0.248. The largest absolute Gasteiger partial charge is 0.370 e. The highest BCUT2D eigenvalue weighted by Crippen LogP contribution is 2.64. The molecule has 1 aliphatic heterocycles. The number of benzene rings is 1. The molecule has 1 aromatic carbocycles. The first-order chi connectivity index (χ1) is 14.5. The van der Waals surface area contributed by atoms with Gasteiger partial charge in [0.1, 0.15) is 0 Å². The molecule has 6 aliphatic rings. The smallest absolute Gasteiger partial charge is 0.217 e. The summed E-state index contributed by atoms with van der Waals surface area (Å²) in [4.78, 5) is 23.4. The molecule has 30 heavy (non-hydrogen) atoms. The third-order valence-corrected chi connectivity index (χ3v) is 8.72. The van der Waals surface area contributed by atoms with Crippen molar-refractivity contribution in [3.63, 3.8) is 0 Å². The van der Waals surface area contributed by atoms with Gasteiger partial charge in [-0.1, -0.05) is 24.3 Å². The average molecular weight is 412 g/mol. The Balaban J connectivity index is 1.17. The van der Waals surface area contributed by atoms with Crippen LogP contribution in [0.15, 0.2) is 24.3 Å². The SMILES string of the molecule is NC(=O)CCc1ccc(C2CCC[C@]3(C2)OOC2(O3)C3CC4CC(C3)CC2C4)cc1. The molecular formula is C25H33NO4. The van der Waals surface area contributed by atoms with Crippen LogP contribution in [0, 0.1) is 23.7 Å². The van der Waals surface area contributed by atoms with E-state index in [1.807, 2.05) is 0 Å². The van der Waals surface area contributed by atoms with Gasteiger partial charge in [-0.05, 0) is 80.2 Å². The van der Waals surface area contributed by atoms with Crippen molar-refractivity contribution >= 4 is 5.91 Å². The van der Waals surface area contributed by atoms with Gasteiger partial charge in [0.2, 0.25) is 17.5 Å². The van der Waals surface area contributed by atoms with E-state index in [1.54, 1.807) is 0 Å². The lowest BCUT2D eigenvalue weighted by Gasteiger charge is -2.57. The zero-order chi connectivity index (χ0) is 20.3. The van der Waals surface area contributed by atoms with Crippen molar-refractivity contribution in [2.75, 3.05) is 0 Å². The summed E-state index contributed by atoms with van der Waals surface area (Å²) < 4.78 is 6.90. The van der Waals surface area contributed by atoms with E-state index < -0.39 is 11.6 Å². The molecule has 5 nitrogen and oxygen atoms in total. The lowest BCUT2D eigenvalue weighted by atomic mass is 9.53. The summed E-state index contributed by atoms with van der Waals surface area (Å²) >= 11 is 0. The van der Waals surface area contributed by atoms with Crippen LogP contribution in [0.25, 0.3) is 0 Å². The maximum absolute atomic E-state index is 11.0. The van der Waals surface area contributed by atoms with Gasteiger partial charge in [-0.3, -0.25) is 4.79 Å². The van der Waals surface area contributed by atoms with E-state index in [2.05, 4.69) is 24.3 Å². The Hall–Kier alpha value is -1.43. The molecule has 0 aromatic heterocycles. The molecule has 1 heterocycles. The summed E-state index contributed by atoms with van der Waals surface area (Å²) in [6, 6.07) is 8.67. The van der Waals surface area contributed by atoms with E-state index in [-0.39, 0.29) is 5.91 Å². The summed E-state index contributed by atoms with van der Waals surface area (Å²) in [7, 11) is 0. The molecule has 1 amide bonds. The van der Waals surface area contributed by atoms with Gasteiger partial charge in [-0.25, -0.2) is 0 Å². The Labute approximate surface area is 178 Å². The quantitative estimate of drug-likeness (QED) is 0.736. The number of carbonyl (C=O) groups excluding carboxylic acids is 1. The average Bonchev–Trinajstić information content (AvgIpc) is 3.10. The van der Waals surface area contributed by atoms with E-state index >= 15 is 0 Å². The van der Waals surface area contributed by atoms with Gasteiger partial charge in [-0.15, -0.1) is 0 Å². The number of ether oxygens (including phenoxy) is 1. The second-order valence-electron chi connectivity index (χ2n) is 10.7. The van der Waals surface area contributed by atoms with Crippen LogP contribution < -0.4 is 5.73 Å². The fourth-order valence-electron chi connectivity index (χ4n) is 7.48. The predicted molar refractivity (Wildman–Crippen MR) is 111 cm³/mol. The Morgan fingerprint density at radius 2 is 1.70 bits per heavy atom. The zero-order valence-electron chi connectivity index (χ0n) is 17.7. The van der Waals surface area contributed by atoms with Crippen molar-refractivity contribution in [1.29, 1.82) is 0 Å². The summed E-state index contributed by atoms with van der Waals surface area (Å²) in [6.45, 7) is 0. The minimum atomic E-state index is -0.580. The van der Waals surface area contributed by atoms with E-state index in [4.69, 9.17) is 20.2 Å². The molecule has 6 fully saturated rings. The first-order valence-corrected chi connectivity index (χ1v) is 12.0. The summed E-state index contributed by atoms with van der Waals surface area (Å²) in [5.74, 6) is 1.90. The number of hydrogen-bond acceptors (Lipinski definition) is 4. The second kappa shape index (κ2) is 7.04. The highest BCUT2D eigenvalue weighted by molar-refractivity contribution is 5.74. The predicted octanol–water partition coefficient (Wildman–Crippen LogP) is 4.59. The highest BCUT2D eigenvalue weighted by atomic mass is 17.3. The fourth-order valence-corrected chi connectivity index (χ4v) is 7.48. The summed E-state index contributed by atoms with van der Waals surface area (Å²) in [5, 5.41) is 0. The van der Waals surface area contributed by atoms with Crippen LogP contribution in [0.3, 0.4) is 0 Å². The third-order valence-electron chi connectivity index (χ3n) is 8.72. The summed E-state index contributed by atoms with van der Waals surface area (Å²) in [6.07, 6.45) is 11.6. The van der Waals surface area contributed by atoms with Crippen molar-refractivity contribution in [3.8, 4) is 0 Å². The Kier molecular flexibility index (Phi) is 4.52. The van der Waals surface area contributed by atoms with Crippen LogP contribution in [-0.2, 0) is 25.7 Å². The molecule has 5 saturated carbocycles. The number of amides is 1. The molecule has 0 radical (unpaired) electrons. The Morgan fingerprint density at radius 1 is 1.00 bits per heavy atom. The molecule has 1 aromatic rings. The van der Waals surface area contributed by atoms with E-state index in [1.165, 1.54) is 37.7 Å². The first-order valence-electron chi connectivity index (χ1n) is 12.0. The topological polar surface area (TPSA) is 70.8 Å². The molecule has 1 unspecified atom stereocenters. The van der Waals surface area contributed by atoms with Crippen molar-refractivity contribution in [3.05, 3.63) is 35.4 Å². The van der Waals surface area contributed by atoms with Gasteiger partial charge in [0.15, 0.2) is 0 Å². The van der Waals surface area contributed by atoms with Gasteiger partial charge in [0, 0.05) is 31.1 Å². The second-order valence-corrected chi connectivity index (χ2v) is 10.7. The summed E-state index contributed by atoms with van der Waals surface area (Å²) in [5.41, 5.74) is 7.77. The third kappa shape index (κ3) is 3.12. The maximum Gasteiger partial charge on any atom is 0.217 e. The monoisotopic (exact) mass is 411 g/mol. The van der Waals surface area contributed by atoms with E-state index in [9.17, 15) is 4.79 Å². The molecule has 1 saturated heterocycles. The van der Waals surface area contributed by atoms with Crippen LogP contribution in [0.4, 0.5) is 0 Å². The van der Waals surface area contributed by atoms with E-state index in [0.29, 0.717) is 30.6 Å². The van der Waals surface area contributed by atoms with Crippen molar-refractivity contribution < 1.29 is 19.3 Å². The Bertz CT molecular complexity index is 793. The lowest BCUT2D eigenvalue weighted by Crippen LogP contribution is -2.59. The van der Waals surface area contributed by atoms with Crippen molar-refractivity contribution in [1.82, 2.24) is 0 Å². The molecule has 2 atom stereocenters. The molecule has 7 rings (SSSR count). The van der Waals surface area contributed by atoms with Gasteiger partial charge >= 0.3 is 0 Å². The number of primary amides is 1. The standard InChI is InChI=1S/C25H33NO4/c26-23(27)8-5-16-3-6-19(7-4-16)20-2-1-9-24(15-20)28-25(30-29-24)21-11-17-10-18(13-21)14-22(25)12-17/h3-4,6-7,17-18,20-22H,1-2,5,8-15H2,(H2,26,27)/t17?,18?,20?,21?,22?,24-,25?/m1/s1. The highest BCUT2D eigenvalue weighted by Gasteiger charge is 2.67. The van der Waals surface area contributed by atoms with Gasteiger partial charge < -0.3 is 10.5 Å². The van der Waals surface area contributed by atoms with Crippen molar-refractivity contribution in [2.24, 2.45) is 29.4 Å². The molecule has 2 spiro atoms. The number of aryl methyl sites for hydroxylation is 1. The normalized spacial score (nSPS) is 44.2. The van der Waals surface area contributed by atoms with Gasteiger partial charge in [0.05, 0.1) is 0 Å².